The molecule has 1 aromatic rings. The number of rotatable bonds is 3. The summed E-state index contributed by atoms with van der Waals surface area (Å²) < 4.78 is 0. The number of nitrogens with zero attached hydrogens (tertiary/aromatic N) is 1. The Morgan fingerprint density at radius 2 is 2.40 bits per heavy atom. The van der Waals surface area contributed by atoms with Crippen LogP contribution < -0.4 is 5.56 Å². The molecule has 78 valence electrons. The smallest absolute Gasteiger partial charge is 0.249 e. The summed E-state index contributed by atoms with van der Waals surface area (Å²) in [5.41, 5.74) is 2.09. The van der Waals surface area contributed by atoms with Gasteiger partial charge >= 0.3 is 0 Å². The molecule has 0 atom stereocenters. The Morgan fingerprint density at radius 3 is 2.93 bits per heavy atom. The summed E-state index contributed by atoms with van der Waals surface area (Å²) in [5.74, 6) is 0.702. The van der Waals surface area contributed by atoms with Crippen LogP contribution in [-0.2, 0) is 0 Å². The molecule has 0 aliphatic carbocycles. The van der Waals surface area contributed by atoms with Gasteiger partial charge in [-0.05, 0) is 19.4 Å². The quantitative estimate of drug-likeness (QED) is 0.627. The summed E-state index contributed by atoms with van der Waals surface area (Å²) >= 11 is 1.43. The van der Waals surface area contributed by atoms with Crippen molar-refractivity contribution in [2.45, 2.75) is 18.9 Å². The van der Waals surface area contributed by atoms with Crippen molar-refractivity contribution < 1.29 is 0 Å². The van der Waals surface area contributed by atoms with Gasteiger partial charge in [0.2, 0.25) is 5.56 Å². The van der Waals surface area contributed by atoms with Gasteiger partial charge in [0.15, 0.2) is 0 Å². The highest BCUT2D eigenvalue weighted by Crippen LogP contribution is 2.22. The van der Waals surface area contributed by atoms with Crippen LogP contribution in [0.1, 0.15) is 18.1 Å². The highest BCUT2D eigenvalue weighted by molar-refractivity contribution is 7.99. The number of aromatic nitrogens is 1. The molecule has 1 heterocycles. The van der Waals surface area contributed by atoms with Gasteiger partial charge in [-0.15, -0.1) is 11.8 Å². The van der Waals surface area contributed by atoms with Crippen molar-refractivity contribution in [2.75, 3.05) is 5.75 Å². The van der Waals surface area contributed by atoms with Gasteiger partial charge in [0.25, 0.3) is 0 Å². The number of hydrogen-bond acceptors (Lipinski definition) is 3. The molecular formula is C11H12N2OS. The monoisotopic (exact) mass is 220 g/mol. The third kappa shape index (κ3) is 3.00. The minimum absolute atomic E-state index is 0.171. The van der Waals surface area contributed by atoms with Crippen LogP contribution in [0.2, 0.25) is 0 Å². The van der Waals surface area contributed by atoms with E-state index in [9.17, 15) is 4.79 Å². The number of nitriles is 1. The van der Waals surface area contributed by atoms with Gasteiger partial charge in [-0.2, -0.15) is 5.26 Å². The predicted molar refractivity (Wildman–Crippen MR) is 62.1 cm³/mol. The van der Waals surface area contributed by atoms with E-state index in [1.54, 1.807) is 6.92 Å². The van der Waals surface area contributed by atoms with Gasteiger partial charge in [-0.25, -0.2) is 0 Å². The third-order valence-corrected chi connectivity index (χ3v) is 3.01. The fraction of sp³-hybridized carbons (Fsp3) is 0.273. The number of aromatic amines is 1. The maximum Gasteiger partial charge on any atom is 0.249 e. The Hall–Kier alpha value is -1.47. The standard InChI is InChI=1S/C11H12N2OS/c1-7(2)6-15-11-9(5-12)8(3)4-10(14)13-11/h4H,1,6H2,2-3H3,(H,13,14). The SMILES string of the molecule is C=C(C)CSc1[nH]c(=O)cc(C)c1C#N. The number of hydrogen-bond donors (Lipinski definition) is 1. The first kappa shape index (κ1) is 11.6. The van der Waals surface area contributed by atoms with Crippen LogP contribution in [0.3, 0.4) is 0 Å². The van der Waals surface area contributed by atoms with E-state index in [0.29, 0.717) is 21.9 Å². The topological polar surface area (TPSA) is 56.6 Å². The zero-order valence-corrected chi connectivity index (χ0v) is 9.57. The molecule has 0 radical (unpaired) electrons. The maximum atomic E-state index is 11.2. The minimum atomic E-state index is -0.171. The van der Waals surface area contributed by atoms with Crippen LogP contribution in [0.4, 0.5) is 0 Å². The molecular weight excluding hydrogens is 208 g/mol. The fourth-order valence-corrected chi connectivity index (χ4v) is 2.02. The van der Waals surface area contributed by atoms with Gasteiger partial charge in [0.1, 0.15) is 6.07 Å². The molecule has 0 unspecified atom stereocenters. The summed E-state index contributed by atoms with van der Waals surface area (Å²) in [4.78, 5) is 13.9. The van der Waals surface area contributed by atoms with E-state index in [0.717, 1.165) is 5.57 Å². The third-order valence-electron chi connectivity index (χ3n) is 1.78. The first-order valence-electron chi connectivity index (χ1n) is 4.45. The van der Waals surface area contributed by atoms with E-state index in [1.165, 1.54) is 17.8 Å². The van der Waals surface area contributed by atoms with Crippen molar-refractivity contribution in [1.82, 2.24) is 4.98 Å². The summed E-state index contributed by atoms with van der Waals surface area (Å²) in [5, 5.41) is 9.58. The molecule has 0 aliphatic heterocycles. The van der Waals surface area contributed by atoms with Gasteiger partial charge in [-0.3, -0.25) is 4.79 Å². The normalized spacial score (nSPS) is 9.67. The maximum absolute atomic E-state index is 11.2. The van der Waals surface area contributed by atoms with E-state index >= 15 is 0 Å². The predicted octanol–water partition coefficient (Wildman–Crippen LogP) is 2.22. The number of nitrogens with one attached hydrogen (secondary N) is 1. The lowest BCUT2D eigenvalue weighted by Crippen LogP contribution is -2.08. The van der Waals surface area contributed by atoms with Crippen LogP contribution >= 0.6 is 11.8 Å². The first-order chi connectivity index (χ1) is 7.04. The lowest BCUT2D eigenvalue weighted by molar-refractivity contribution is 1.04. The van der Waals surface area contributed by atoms with Crippen molar-refractivity contribution >= 4 is 11.8 Å². The van der Waals surface area contributed by atoms with E-state index in [2.05, 4.69) is 17.6 Å². The lowest BCUT2D eigenvalue weighted by Gasteiger charge is -2.05. The largest absolute Gasteiger partial charge is 0.316 e. The van der Waals surface area contributed by atoms with Crippen LogP contribution in [0.15, 0.2) is 28.0 Å². The first-order valence-corrected chi connectivity index (χ1v) is 5.44. The molecule has 4 heteroatoms. The molecule has 0 fully saturated rings. The average molecular weight is 220 g/mol. The van der Waals surface area contributed by atoms with Crippen molar-refractivity contribution in [3.05, 3.63) is 39.7 Å². The Balaban J connectivity index is 3.11. The molecule has 1 aromatic heterocycles. The van der Waals surface area contributed by atoms with Gasteiger partial charge < -0.3 is 4.98 Å². The minimum Gasteiger partial charge on any atom is -0.316 e. The summed E-state index contributed by atoms with van der Waals surface area (Å²) in [7, 11) is 0. The van der Waals surface area contributed by atoms with Gasteiger partial charge in [-0.1, -0.05) is 12.2 Å². The Morgan fingerprint density at radius 1 is 1.73 bits per heavy atom. The molecule has 1 rings (SSSR count). The molecule has 3 nitrogen and oxygen atoms in total. The molecule has 0 aromatic carbocycles. The number of thioether (sulfide) groups is 1. The zero-order chi connectivity index (χ0) is 11.4. The molecule has 0 amide bonds. The van der Waals surface area contributed by atoms with Crippen molar-refractivity contribution in [1.29, 1.82) is 5.26 Å². The molecule has 0 spiro atoms. The molecule has 1 N–H and O–H groups in total. The van der Waals surface area contributed by atoms with Crippen LogP contribution in [0.5, 0.6) is 0 Å². The zero-order valence-electron chi connectivity index (χ0n) is 8.76. The second kappa shape index (κ2) is 4.85. The van der Waals surface area contributed by atoms with E-state index < -0.39 is 0 Å². The number of H-pyrrole nitrogens is 1. The molecule has 0 saturated heterocycles. The molecule has 0 aliphatic rings. The van der Waals surface area contributed by atoms with Crippen molar-refractivity contribution in [3.8, 4) is 6.07 Å². The second-order valence-corrected chi connectivity index (χ2v) is 4.36. The summed E-state index contributed by atoms with van der Waals surface area (Å²) in [6.07, 6.45) is 0. The van der Waals surface area contributed by atoms with Crippen molar-refractivity contribution in [2.24, 2.45) is 0 Å². The Bertz CT molecular complexity index is 482. The highest BCUT2D eigenvalue weighted by Gasteiger charge is 2.07. The van der Waals surface area contributed by atoms with E-state index in [1.807, 2.05) is 6.92 Å². The number of aryl methyl sites for hydroxylation is 1. The lowest BCUT2D eigenvalue weighted by atomic mass is 10.2. The Kier molecular flexibility index (Phi) is 3.75. The number of pyridine rings is 1. The summed E-state index contributed by atoms with van der Waals surface area (Å²) in [6, 6.07) is 3.53. The van der Waals surface area contributed by atoms with Crippen LogP contribution in [0.25, 0.3) is 0 Å². The van der Waals surface area contributed by atoms with Gasteiger partial charge in [0.05, 0.1) is 10.6 Å². The Labute approximate surface area is 92.8 Å². The van der Waals surface area contributed by atoms with E-state index in [4.69, 9.17) is 5.26 Å². The van der Waals surface area contributed by atoms with Crippen molar-refractivity contribution in [3.63, 3.8) is 0 Å². The van der Waals surface area contributed by atoms with Crippen LogP contribution in [-0.4, -0.2) is 10.7 Å². The second-order valence-electron chi connectivity index (χ2n) is 3.38. The summed E-state index contributed by atoms with van der Waals surface area (Å²) in [6.45, 7) is 7.45. The van der Waals surface area contributed by atoms with Crippen LogP contribution in [0, 0.1) is 18.3 Å². The highest BCUT2D eigenvalue weighted by atomic mass is 32.2. The van der Waals surface area contributed by atoms with Gasteiger partial charge in [0, 0.05) is 11.8 Å². The fourth-order valence-electron chi connectivity index (χ4n) is 1.10. The molecule has 15 heavy (non-hydrogen) atoms. The molecule has 0 bridgehead atoms. The van der Waals surface area contributed by atoms with E-state index in [-0.39, 0.29) is 5.56 Å². The average Bonchev–Trinajstić information content (AvgIpc) is 2.13. The molecule has 0 saturated carbocycles.